The number of ether oxygens (including phenoxy) is 2. The summed E-state index contributed by atoms with van der Waals surface area (Å²) in [4.78, 5) is 11.7. The summed E-state index contributed by atoms with van der Waals surface area (Å²) in [5.41, 5.74) is -0.437. The topological polar surface area (TPSA) is 59.6 Å². The van der Waals surface area contributed by atoms with E-state index in [1.54, 1.807) is 0 Å². The highest BCUT2D eigenvalue weighted by Crippen LogP contribution is 2.25. The van der Waals surface area contributed by atoms with Gasteiger partial charge in [-0.2, -0.15) is 0 Å². The van der Waals surface area contributed by atoms with Gasteiger partial charge in [0.2, 0.25) is 0 Å². The second-order valence-electron chi connectivity index (χ2n) is 7.41. The van der Waals surface area contributed by atoms with E-state index in [4.69, 9.17) is 9.47 Å². The molecular formula is C17H34N2O3. The molecule has 0 spiro atoms. The average molecular weight is 314 g/mol. The molecule has 22 heavy (non-hydrogen) atoms. The molecule has 0 heterocycles. The van der Waals surface area contributed by atoms with Crippen LogP contribution < -0.4 is 10.6 Å². The normalized spacial score (nSPS) is 22.1. The van der Waals surface area contributed by atoms with E-state index in [0.717, 1.165) is 26.0 Å². The van der Waals surface area contributed by atoms with Crippen molar-refractivity contribution in [2.75, 3.05) is 19.7 Å². The van der Waals surface area contributed by atoms with Crippen LogP contribution in [-0.4, -0.2) is 43.5 Å². The Balaban J connectivity index is 2.18. The highest BCUT2D eigenvalue weighted by molar-refractivity contribution is 5.67. The van der Waals surface area contributed by atoms with Gasteiger partial charge in [0, 0.05) is 19.2 Å². The molecule has 0 aliphatic heterocycles. The minimum absolute atomic E-state index is 0.303. The van der Waals surface area contributed by atoms with E-state index in [1.807, 2.05) is 20.8 Å². The van der Waals surface area contributed by atoms with Crippen molar-refractivity contribution in [3.05, 3.63) is 0 Å². The maximum Gasteiger partial charge on any atom is 0.407 e. The van der Waals surface area contributed by atoms with E-state index in [0.29, 0.717) is 24.6 Å². The number of nitrogens with one attached hydrogen (secondary N) is 2. The van der Waals surface area contributed by atoms with Crippen molar-refractivity contribution in [1.29, 1.82) is 0 Å². The first kappa shape index (κ1) is 19.2. The molecule has 0 aromatic carbocycles. The predicted molar refractivity (Wildman–Crippen MR) is 89.1 cm³/mol. The second kappa shape index (κ2) is 9.36. The third-order valence-corrected chi connectivity index (χ3v) is 3.75. The summed E-state index contributed by atoms with van der Waals surface area (Å²) in [7, 11) is 0. The van der Waals surface area contributed by atoms with Gasteiger partial charge in [-0.3, -0.25) is 0 Å². The fourth-order valence-corrected chi connectivity index (χ4v) is 2.76. The van der Waals surface area contributed by atoms with Gasteiger partial charge >= 0.3 is 6.09 Å². The Hall–Kier alpha value is -0.810. The van der Waals surface area contributed by atoms with E-state index in [-0.39, 0.29) is 6.09 Å². The van der Waals surface area contributed by atoms with E-state index in [1.165, 1.54) is 12.8 Å². The quantitative estimate of drug-likeness (QED) is 0.676. The molecule has 1 aliphatic rings. The molecule has 1 rings (SSSR count). The van der Waals surface area contributed by atoms with Gasteiger partial charge < -0.3 is 20.1 Å². The van der Waals surface area contributed by atoms with Gasteiger partial charge in [0.05, 0.1) is 6.10 Å². The summed E-state index contributed by atoms with van der Waals surface area (Å²) in [5, 5.41) is 6.51. The van der Waals surface area contributed by atoms with Crippen LogP contribution in [0.5, 0.6) is 0 Å². The summed E-state index contributed by atoms with van der Waals surface area (Å²) in [6.45, 7) is 12.2. The minimum Gasteiger partial charge on any atom is -0.444 e. The third-order valence-electron chi connectivity index (χ3n) is 3.75. The third kappa shape index (κ3) is 8.59. The fraction of sp³-hybridized carbons (Fsp3) is 0.941. The van der Waals surface area contributed by atoms with Crippen molar-refractivity contribution in [2.45, 2.75) is 78.0 Å². The maximum atomic E-state index is 11.7. The first-order valence-corrected chi connectivity index (χ1v) is 8.60. The Labute approximate surface area is 135 Å². The Morgan fingerprint density at radius 2 is 2.00 bits per heavy atom. The van der Waals surface area contributed by atoms with Crippen molar-refractivity contribution in [2.24, 2.45) is 5.92 Å². The summed E-state index contributed by atoms with van der Waals surface area (Å²) < 4.78 is 10.8. The van der Waals surface area contributed by atoms with Gasteiger partial charge in [0.15, 0.2) is 0 Å². The Kier molecular flexibility index (Phi) is 8.18. The van der Waals surface area contributed by atoms with Gasteiger partial charge in [0.25, 0.3) is 0 Å². The van der Waals surface area contributed by atoms with Crippen molar-refractivity contribution < 1.29 is 14.3 Å². The first-order valence-electron chi connectivity index (χ1n) is 8.60. The van der Waals surface area contributed by atoms with Crippen LogP contribution in [0.2, 0.25) is 0 Å². The van der Waals surface area contributed by atoms with Crippen LogP contribution in [0, 0.1) is 5.92 Å². The lowest BCUT2D eigenvalue weighted by molar-refractivity contribution is 0.0517. The molecule has 0 radical (unpaired) electrons. The lowest BCUT2D eigenvalue weighted by atomic mass is 10.0. The summed E-state index contributed by atoms with van der Waals surface area (Å²) in [6.07, 6.45) is 4.59. The molecule has 1 fully saturated rings. The molecule has 1 amide bonds. The van der Waals surface area contributed by atoms with E-state index >= 15 is 0 Å². The molecular weight excluding hydrogens is 280 g/mol. The SMILES string of the molecule is CC(C)OCCCNC1CCCC1CNC(=O)OC(C)(C)C. The minimum atomic E-state index is -0.437. The zero-order chi connectivity index (χ0) is 16.6. The molecule has 5 heteroatoms. The maximum absolute atomic E-state index is 11.7. The van der Waals surface area contributed by atoms with Gasteiger partial charge in [-0.25, -0.2) is 4.79 Å². The van der Waals surface area contributed by atoms with Crippen LogP contribution in [-0.2, 0) is 9.47 Å². The zero-order valence-electron chi connectivity index (χ0n) is 14.9. The van der Waals surface area contributed by atoms with Gasteiger partial charge in [-0.1, -0.05) is 6.42 Å². The average Bonchev–Trinajstić information content (AvgIpc) is 2.81. The molecule has 0 aromatic heterocycles. The molecule has 0 saturated heterocycles. The number of hydrogen-bond acceptors (Lipinski definition) is 4. The number of carbonyl (C=O) groups is 1. The fourth-order valence-electron chi connectivity index (χ4n) is 2.76. The molecule has 1 saturated carbocycles. The number of hydrogen-bond donors (Lipinski definition) is 2. The van der Waals surface area contributed by atoms with Crippen molar-refractivity contribution >= 4 is 6.09 Å². The van der Waals surface area contributed by atoms with Gasteiger partial charge in [-0.05, 0) is 66.3 Å². The largest absolute Gasteiger partial charge is 0.444 e. The Bertz CT molecular complexity index is 326. The van der Waals surface area contributed by atoms with Crippen LogP contribution >= 0.6 is 0 Å². The van der Waals surface area contributed by atoms with Crippen LogP contribution in [0.4, 0.5) is 4.79 Å². The summed E-state index contributed by atoms with van der Waals surface area (Å²) in [5.74, 6) is 0.499. The second-order valence-corrected chi connectivity index (χ2v) is 7.41. The number of rotatable bonds is 8. The van der Waals surface area contributed by atoms with Crippen molar-refractivity contribution in [1.82, 2.24) is 10.6 Å². The summed E-state index contributed by atoms with van der Waals surface area (Å²) in [6, 6.07) is 0.494. The van der Waals surface area contributed by atoms with Crippen LogP contribution in [0.25, 0.3) is 0 Å². The Morgan fingerprint density at radius 1 is 1.27 bits per heavy atom. The van der Waals surface area contributed by atoms with Crippen molar-refractivity contribution in [3.63, 3.8) is 0 Å². The predicted octanol–water partition coefficient (Wildman–Crippen LogP) is 3.08. The number of alkyl carbamates (subject to hydrolysis) is 1. The van der Waals surface area contributed by atoms with E-state index < -0.39 is 5.60 Å². The van der Waals surface area contributed by atoms with E-state index in [9.17, 15) is 4.79 Å². The van der Waals surface area contributed by atoms with Gasteiger partial charge in [0.1, 0.15) is 5.60 Å². The van der Waals surface area contributed by atoms with E-state index in [2.05, 4.69) is 24.5 Å². The first-order chi connectivity index (χ1) is 10.3. The highest BCUT2D eigenvalue weighted by Gasteiger charge is 2.27. The number of amides is 1. The van der Waals surface area contributed by atoms with Crippen LogP contribution in [0.3, 0.4) is 0 Å². The molecule has 2 N–H and O–H groups in total. The molecule has 1 aliphatic carbocycles. The Morgan fingerprint density at radius 3 is 2.64 bits per heavy atom. The lowest BCUT2D eigenvalue weighted by Crippen LogP contribution is -2.41. The van der Waals surface area contributed by atoms with Gasteiger partial charge in [-0.15, -0.1) is 0 Å². The molecule has 0 bridgehead atoms. The van der Waals surface area contributed by atoms with Crippen LogP contribution in [0.15, 0.2) is 0 Å². The van der Waals surface area contributed by atoms with Crippen molar-refractivity contribution in [3.8, 4) is 0 Å². The molecule has 5 nitrogen and oxygen atoms in total. The number of carbonyl (C=O) groups excluding carboxylic acids is 1. The molecule has 0 aromatic rings. The molecule has 2 atom stereocenters. The molecule has 130 valence electrons. The smallest absolute Gasteiger partial charge is 0.407 e. The standard InChI is InChI=1S/C17H34N2O3/c1-13(2)21-11-7-10-18-15-9-6-8-14(15)12-19-16(20)22-17(3,4)5/h13-15,18H,6-12H2,1-5H3,(H,19,20). The van der Waals surface area contributed by atoms with Crippen LogP contribution in [0.1, 0.15) is 60.3 Å². The zero-order valence-corrected chi connectivity index (χ0v) is 14.9. The summed E-state index contributed by atoms with van der Waals surface area (Å²) >= 11 is 0. The monoisotopic (exact) mass is 314 g/mol. The lowest BCUT2D eigenvalue weighted by Gasteiger charge is -2.23. The molecule has 2 unspecified atom stereocenters. The highest BCUT2D eigenvalue weighted by atomic mass is 16.6.